The molecule has 1 aromatic rings. The highest BCUT2D eigenvalue weighted by atomic mass is 19.1. The average molecular weight is 295 g/mol. The molecule has 0 aromatic heterocycles. The van der Waals surface area contributed by atoms with Gasteiger partial charge < -0.3 is 15.4 Å². The van der Waals surface area contributed by atoms with Gasteiger partial charge in [0.15, 0.2) is 5.96 Å². The maximum absolute atomic E-state index is 12.9. The lowest BCUT2D eigenvalue weighted by atomic mass is 10.1. The van der Waals surface area contributed by atoms with Crippen LogP contribution in [0.3, 0.4) is 0 Å². The maximum atomic E-state index is 12.9. The molecule has 0 amide bonds. The molecule has 118 valence electrons. The highest BCUT2D eigenvalue weighted by Crippen LogP contribution is 2.15. The topological polar surface area (TPSA) is 45.7 Å². The van der Waals surface area contributed by atoms with Gasteiger partial charge in [-0.15, -0.1) is 0 Å². The van der Waals surface area contributed by atoms with Gasteiger partial charge in [0.1, 0.15) is 5.82 Å². The smallest absolute Gasteiger partial charge is 0.191 e. The summed E-state index contributed by atoms with van der Waals surface area (Å²) in [5.41, 5.74) is 0.934. The second-order valence-corrected chi connectivity index (χ2v) is 5.34. The van der Waals surface area contributed by atoms with Crippen molar-refractivity contribution >= 4 is 5.96 Å². The molecule has 1 rings (SSSR count). The Hall–Kier alpha value is -1.62. The Bertz CT molecular complexity index is 432. The zero-order chi connectivity index (χ0) is 15.7. The first-order valence-corrected chi connectivity index (χ1v) is 7.29. The Labute approximate surface area is 126 Å². The molecule has 0 spiro atoms. The Morgan fingerprint density at radius 2 is 1.90 bits per heavy atom. The largest absolute Gasteiger partial charge is 0.375 e. The molecule has 1 aromatic carbocycles. The molecule has 0 aliphatic carbocycles. The van der Waals surface area contributed by atoms with Crippen LogP contribution in [0.25, 0.3) is 0 Å². The fourth-order valence-corrected chi connectivity index (χ4v) is 1.90. The number of benzene rings is 1. The number of rotatable bonds is 7. The third-order valence-electron chi connectivity index (χ3n) is 3.22. The molecule has 0 fully saturated rings. The van der Waals surface area contributed by atoms with E-state index in [0.29, 0.717) is 12.5 Å². The molecule has 0 aliphatic heterocycles. The lowest BCUT2D eigenvalue weighted by Gasteiger charge is -2.19. The van der Waals surface area contributed by atoms with Gasteiger partial charge in [0.05, 0.1) is 6.10 Å². The van der Waals surface area contributed by atoms with E-state index in [1.165, 1.54) is 12.1 Å². The van der Waals surface area contributed by atoms with Crippen LogP contribution in [-0.2, 0) is 4.74 Å². The first-order chi connectivity index (χ1) is 10.1. The highest BCUT2D eigenvalue weighted by molar-refractivity contribution is 5.79. The molecule has 2 N–H and O–H groups in total. The van der Waals surface area contributed by atoms with E-state index in [-0.39, 0.29) is 11.9 Å². The van der Waals surface area contributed by atoms with Gasteiger partial charge in [0.2, 0.25) is 0 Å². The number of hydrogen-bond acceptors (Lipinski definition) is 2. The highest BCUT2D eigenvalue weighted by Gasteiger charge is 2.11. The Morgan fingerprint density at radius 3 is 2.43 bits per heavy atom. The number of aliphatic imine (C=N–C) groups is 1. The van der Waals surface area contributed by atoms with Gasteiger partial charge in [-0.1, -0.05) is 26.0 Å². The van der Waals surface area contributed by atoms with Gasteiger partial charge in [-0.05, 0) is 30.0 Å². The van der Waals surface area contributed by atoms with Crippen LogP contribution in [0, 0.1) is 11.7 Å². The number of halogens is 1. The molecule has 0 aliphatic rings. The summed E-state index contributed by atoms with van der Waals surface area (Å²) in [7, 11) is 3.38. The van der Waals surface area contributed by atoms with E-state index in [4.69, 9.17) is 4.74 Å². The monoisotopic (exact) mass is 295 g/mol. The molecule has 0 saturated carbocycles. The van der Waals surface area contributed by atoms with Crippen LogP contribution in [0.1, 0.15) is 31.9 Å². The minimum atomic E-state index is -0.243. The molecule has 21 heavy (non-hydrogen) atoms. The van der Waals surface area contributed by atoms with Crippen molar-refractivity contribution in [2.75, 3.05) is 27.2 Å². The molecule has 5 heteroatoms. The van der Waals surface area contributed by atoms with Crippen molar-refractivity contribution in [2.45, 2.75) is 26.4 Å². The van der Waals surface area contributed by atoms with E-state index in [1.54, 1.807) is 26.3 Å². The minimum absolute atomic E-state index is 0.144. The first-order valence-electron chi connectivity index (χ1n) is 7.29. The predicted octanol–water partition coefficient (Wildman–Crippen LogP) is 2.72. The van der Waals surface area contributed by atoms with E-state index in [2.05, 4.69) is 29.5 Å². The number of ether oxygens (including phenoxy) is 1. The van der Waals surface area contributed by atoms with Crippen LogP contribution in [0.15, 0.2) is 29.3 Å². The molecular weight excluding hydrogens is 269 g/mol. The van der Waals surface area contributed by atoms with Crippen LogP contribution < -0.4 is 10.6 Å². The SMILES string of the molecule is CN=C(NCCC(C)C)NCC(OC)c1ccc(F)cc1. The van der Waals surface area contributed by atoms with Crippen molar-refractivity contribution in [3.8, 4) is 0 Å². The summed E-state index contributed by atoms with van der Waals surface area (Å²) in [6, 6.07) is 6.36. The molecule has 0 radical (unpaired) electrons. The zero-order valence-electron chi connectivity index (χ0n) is 13.3. The quantitative estimate of drug-likeness (QED) is 0.600. The summed E-state index contributed by atoms with van der Waals surface area (Å²) in [5.74, 6) is 1.16. The third kappa shape index (κ3) is 6.58. The van der Waals surface area contributed by atoms with Crippen molar-refractivity contribution in [3.63, 3.8) is 0 Å². The van der Waals surface area contributed by atoms with E-state index in [1.807, 2.05) is 0 Å². The second-order valence-electron chi connectivity index (χ2n) is 5.34. The Kier molecular flexibility index (Phi) is 7.75. The van der Waals surface area contributed by atoms with E-state index in [0.717, 1.165) is 24.5 Å². The molecule has 0 heterocycles. The summed E-state index contributed by atoms with van der Waals surface area (Å²) < 4.78 is 18.4. The van der Waals surface area contributed by atoms with Crippen molar-refractivity contribution in [3.05, 3.63) is 35.6 Å². The van der Waals surface area contributed by atoms with Crippen LogP contribution in [0.5, 0.6) is 0 Å². The van der Waals surface area contributed by atoms with Gasteiger partial charge >= 0.3 is 0 Å². The van der Waals surface area contributed by atoms with Crippen molar-refractivity contribution in [1.29, 1.82) is 0 Å². The van der Waals surface area contributed by atoms with Gasteiger partial charge in [0.25, 0.3) is 0 Å². The van der Waals surface area contributed by atoms with Crippen LogP contribution in [0.2, 0.25) is 0 Å². The molecule has 0 saturated heterocycles. The normalized spacial score (nSPS) is 13.3. The lowest BCUT2D eigenvalue weighted by molar-refractivity contribution is 0.106. The number of nitrogens with one attached hydrogen (secondary N) is 2. The van der Waals surface area contributed by atoms with Gasteiger partial charge in [-0.2, -0.15) is 0 Å². The lowest BCUT2D eigenvalue weighted by Crippen LogP contribution is -2.40. The van der Waals surface area contributed by atoms with Crippen LogP contribution in [-0.4, -0.2) is 33.2 Å². The van der Waals surface area contributed by atoms with Crippen LogP contribution in [0.4, 0.5) is 4.39 Å². The number of nitrogens with zero attached hydrogens (tertiary/aromatic N) is 1. The van der Waals surface area contributed by atoms with Gasteiger partial charge in [0, 0.05) is 27.2 Å². The van der Waals surface area contributed by atoms with Crippen molar-refractivity contribution < 1.29 is 9.13 Å². The first kappa shape index (κ1) is 17.4. The van der Waals surface area contributed by atoms with Crippen LogP contribution >= 0.6 is 0 Å². The van der Waals surface area contributed by atoms with Gasteiger partial charge in [-0.3, -0.25) is 4.99 Å². The van der Waals surface area contributed by atoms with E-state index in [9.17, 15) is 4.39 Å². The fraction of sp³-hybridized carbons (Fsp3) is 0.562. The summed E-state index contributed by atoms with van der Waals surface area (Å²) in [6.07, 6.45) is 0.945. The summed E-state index contributed by atoms with van der Waals surface area (Å²) in [6.45, 7) is 5.83. The van der Waals surface area contributed by atoms with E-state index < -0.39 is 0 Å². The number of methoxy groups -OCH3 is 1. The third-order valence-corrected chi connectivity index (χ3v) is 3.22. The maximum Gasteiger partial charge on any atom is 0.191 e. The van der Waals surface area contributed by atoms with Gasteiger partial charge in [-0.25, -0.2) is 4.39 Å². The fourth-order valence-electron chi connectivity index (χ4n) is 1.90. The summed E-state index contributed by atoms with van der Waals surface area (Å²) >= 11 is 0. The summed E-state index contributed by atoms with van der Waals surface area (Å²) in [5, 5.41) is 6.49. The Morgan fingerprint density at radius 1 is 1.24 bits per heavy atom. The number of hydrogen-bond donors (Lipinski definition) is 2. The van der Waals surface area contributed by atoms with Crippen molar-refractivity contribution in [1.82, 2.24) is 10.6 Å². The minimum Gasteiger partial charge on any atom is -0.375 e. The molecule has 0 bridgehead atoms. The average Bonchev–Trinajstić information content (AvgIpc) is 2.47. The second kappa shape index (κ2) is 9.34. The molecule has 1 atom stereocenters. The molecular formula is C16H26FN3O. The standard InChI is InChI=1S/C16H26FN3O/c1-12(2)9-10-19-16(18-3)20-11-15(21-4)13-5-7-14(17)8-6-13/h5-8,12,15H,9-11H2,1-4H3,(H2,18,19,20). The Balaban J connectivity index is 2.47. The molecule has 4 nitrogen and oxygen atoms in total. The summed E-state index contributed by atoms with van der Waals surface area (Å²) in [4.78, 5) is 4.18. The molecule has 1 unspecified atom stereocenters. The number of guanidine groups is 1. The van der Waals surface area contributed by atoms with Crippen molar-refractivity contribution in [2.24, 2.45) is 10.9 Å². The van der Waals surface area contributed by atoms with E-state index >= 15 is 0 Å². The predicted molar refractivity (Wildman–Crippen MR) is 85.0 cm³/mol. The zero-order valence-corrected chi connectivity index (χ0v) is 13.3.